The van der Waals surface area contributed by atoms with E-state index in [9.17, 15) is 9.59 Å². The number of carbonyl (C=O) groups is 2. The number of morpholine rings is 1. The Bertz CT molecular complexity index is 1250. The maximum absolute atomic E-state index is 12.3. The molecule has 2 atom stereocenters. The maximum Gasteiger partial charge on any atom is 0.408 e. The van der Waals surface area contributed by atoms with Crippen LogP contribution in [0.25, 0.3) is 11.0 Å². The predicted molar refractivity (Wildman–Crippen MR) is 170 cm³/mol. The van der Waals surface area contributed by atoms with Gasteiger partial charge in [-0.1, -0.05) is 75.4 Å². The number of benzene rings is 2. The maximum atomic E-state index is 12.3. The van der Waals surface area contributed by atoms with Crippen LogP contribution in [-0.2, 0) is 27.1 Å². The van der Waals surface area contributed by atoms with E-state index in [0.717, 1.165) is 29.5 Å². The fourth-order valence-corrected chi connectivity index (χ4v) is 4.49. The topological polar surface area (TPSA) is 93.0 Å². The van der Waals surface area contributed by atoms with Crippen LogP contribution < -0.4 is 10.6 Å². The third-order valence-electron chi connectivity index (χ3n) is 6.62. The average Bonchev–Trinajstić information content (AvgIpc) is 3.40. The fraction of sp³-hybridized carbons (Fsp3) is 0.471. The highest BCUT2D eigenvalue weighted by Gasteiger charge is 2.23. The molecular weight excluding hydrogens is 530 g/mol. The summed E-state index contributed by atoms with van der Waals surface area (Å²) in [6.45, 7) is 18.6. The summed E-state index contributed by atoms with van der Waals surface area (Å²) in [5.74, 6) is 0.0470. The molecular formula is C34H49N3O5. The van der Waals surface area contributed by atoms with Crippen molar-refractivity contribution in [1.29, 1.82) is 0 Å². The Morgan fingerprint density at radius 2 is 1.93 bits per heavy atom. The molecule has 2 aromatic carbocycles. The molecule has 42 heavy (non-hydrogen) atoms. The lowest BCUT2D eigenvalue weighted by atomic mass is 10.1. The van der Waals surface area contributed by atoms with Gasteiger partial charge in [0.05, 0.1) is 38.3 Å². The number of hydrogen-bond acceptors (Lipinski definition) is 6. The number of alkyl carbamates (subject to hydrolysis) is 1. The minimum Gasteiger partial charge on any atom is -0.464 e. The van der Waals surface area contributed by atoms with Crippen molar-refractivity contribution < 1.29 is 23.5 Å². The number of nitrogens with zero attached hydrogens (tertiary/aromatic N) is 1. The molecule has 1 aliphatic rings. The second-order valence-corrected chi connectivity index (χ2v) is 10.2. The van der Waals surface area contributed by atoms with Crippen molar-refractivity contribution in [3.63, 3.8) is 0 Å². The lowest BCUT2D eigenvalue weighted by molar-refractivity contribution is -0.134. The summed E-state index contributed by atoms with van der Waals surface area (Å²) in [4.78, 5) is 25.6. The van der Waals surface area contributed by atoms with Crippen molar-refractivity contribution in [2.45, 2.75) is 73.0 Å². The summed E-state index contributed by atoms with van der Waals surface area (Å²) in [5, 5.41) is 7.37. The second kappa shape index (κ2) is 18.7. The molecule has 1 aliphatic heterocycles. The monoisotopic (exact) mass is 579 g/mol. The van der Waals surface area contributed by atoms with Crippen LogP contribution >= 0.6 is 0 Å². The van der Waals surface area contributed by atoms with Gasteiger partial charge in [-0.25, -0.2) is 4.79 Å². The summed E-state index contributed by atoms with van der Waals surface area (Å²) in [7, 11) is 0. The number of nitrogens with one attached hydrogen (secondary N) is 2. The van der Waals surface area contributed by atoms with Gasteiger partial charge in [-0.15, -0.1) is 0 Å². The van der Waals surface area contributed by atoms with Crippen LogP contribution in [0.15, 0.2) is 71.4 Å². The molecule has 1 fully saturated rings. The third kappa shape index (κ3) is 11.3. The van der Waals surface area contributed by atoms with Crippen molar-refractivity contribution in [1.82, 2.24) is 15.5 Å². The number of hydrogen-bond donors (Lipinski definition) is 2. The molecule has 8 nitrogen and oxygen atoms in total. The molecule has 230 valence electrons. The van der Waals surface area contributed by atoms with Crippen molar-refractivity contribution in [2.24, 2.45) is 0 Å². The molecule has 4 rings (SSSR count). The Balaban J connectivity index is 0.000000368. The smallest absolute Gasteiger partial charge is 0.408 e. The Morgan fingerprint density at radius 1 is 1.17 bits per heavy atom. The minimum atomic E-state index is -0.408. The molecule has 0 saturated carbocycles. The normalized spacial score (nSPS) is 15.0. The van der Waals surface area contributed by atoms with Gasteiger partial charge >= 0.3 is 6.09 Å². The van der Waals surface area contributed by atoms with E-state index in [1.807, 2.05) is 62.1 Å². The van der Waals surface area contributed by atoms with Crippen LogP contribution in [-0.4, -0.2) is 62.0 Å². The number of para-hydroxylation sites is 1. The molecule has 8 heteroatoms. The van der Waals surface area contributed by atoms with E-state index in [2.05, 4.69) is 43.2 Å². The molecule has 0 spiro atoms. The second-order valence-electron chi connectivity index (χ2n) is 10.2. The zero-order chi connectivity index (χ0) is 30.9. The molecule has 2 N–H and O–H groups in total. The largest absolute Gasteiger partial charge is 0.464 e. The Labute approximate surface area is 251 Å². The van der Waals surface area contributed by atoms with Gasteiger partial charge in [0.2, 0.25) is 5.91 Å². The molecule has 2 unspecified atom stereocenters. The molecule has 2 amide bonds. The number of amides is 2. The number of aryl methyl sites for hydroxylation is 1. The fourth-order valence-electron chi connectivity index (χ4n) is 4.49. The molecule has 0 bridgehead atoms. The van der Waals surface area contributed by atoms with Gasteiger partial charge < -0.3 is 24.1 Å². The van der Waals surface area contributed by atoms with E-state index in [1.165, 1.54) is 11.1 Å². The first-order valence-corrected chi connectivity index (χ1v) is 15.0. The quantitative estimate of drug-likeness (QED) is 0.213. The number of rotatable bonds is 10. The number of fused-ring (bicyclic) bond motifs is 1. The number of carbonyl (C=O) groups excluding carboxylic acids is 2. The van der Waals surface area contributed by atoms with Crippen molar-refractivity contribution in [3.8, 4) is 0 Å². The van der Waals surface area contributed by atoms with Gasteiger partial charge in [-0.05, 0) is 45.4 Å². The molecule has 0 aliphatic carbocycles. The first-order chi connectivity index (χ1) is 20.3. The standard InChI is InChI=1S/C23H28N2O3.C9H15NO2.C2H6/c1-3-12-24-22(15-19-16-28-21-10-5-4-9-20(19)21)25-23(26)27-13-11-18-8-6-7-17(2)14-18;1-7(2)9(11)10-4-5-12-6-8(10)3;1-2/h4-10,14,16,22,24H,3,11-13,15H2,1-2H3,(H,25,26);8H,1,4-6H2,2-3H3;1-2H3. The summed E-state index contributed by atoms with van der Waals surface area (Å²) >= 11 is 0. The lowest BCUT2D eigenvalue weighted by Crippen LogP contribution is -2.47. The van der Waals surface area contributed by atoms with Crippen LogP contribution in [0.4, 0.5) is 4.79 Å². The highest BCUT2D eigenvalue weighted by Crippen LogP contribution is 2.21. The number of furan rings is 1. The molecule has 3 aromatic rings. The lowest BCUT2D eigenvalue weighted by Gasteiger charge is -2.33. The molecule has 1 aromatic heterocycles. The zero-order valence-electron chi connectivity index (χ0n) is 26.2. The van der Waals surface area contributed by atoms with Crippen LogP contribution in [0.1, 0.15) is 57.7 Å². The Morgan fingerprint density at radius 3 is 2.62 bits per heavy atom. The average molecular weight is 580 g/mol. The van der Waals surface area contributed by atoms with Gasteiger partial charge in [-0.3, -0.25) is 10.1 Å². The first-order valence-electron chi connectivity index (χ1n) is 15.0. The molecule has 2 heterocycles. The summed E-state index contributed by atoms with van der Waals surface area (Å²) in [5.41, 5.74) is 4.89. The Hall–Kier alpha value is -3.62. The van der Waals surface area contributed by atoms with Crippen molar-refractivity contribution in [2.75, 3.05) is 32.9 Å². The van der Waals surface area contributed by atoms with Gasteiger partial charge in [-0.2, -0.15) is 0 Å². The van der Waals surface area contributed by atoms with E-state index < -0.39 is 6.09 Å². The van der Waals surface area contributed by atoms with E-state index in [-0.39, 0.29) is 18.1 Å². The van der Waals surface area contributed by atoms with Gasteiger partial charge in [0, 0.05) is 35.9 Å². The summed E-state index contributed by atoms with van der Waals surface area (Å²) < 4.78 is 16.2. The molecule has 0 radical (unpaired) electrons. The van der Waals surface area contributed by atoms with Crippen LogP contribution in [0.5, 0.6) is 0 Å². The van der Waals surface area contributed by atoms with Gasteiger partial charge in [0.15, 0.2) is 0 Å². The van der Waals surface area contributed by atoms with E-state index in [1.54, 1.807) is 13.2 Å². The highest BCUT2D eigenvalue weighted by molar-refractivity contribution is 5.92. The van der Waals surface area contributed by atoms with Crippen molar-refractivity contribution in [3.05, 3.63) is 83.6 Å². The van der Waals surface area contributed by atoms with E-state index in [4.69, 9.17) is 13.9 Å². The first kappa shape index (κ1) is 34.6. The van der Waals surface area contributed by atoms with Crippen molar-refractivity contribution >= 4 is 23.0 Å². The predicted octanol–water partition coefficient (Wildman–Crippen LogP) is 6.41. The van der Waals surface area contributed by atoms with E-state index >= 15 is 0 Å². The van der Waals surface area contributed by atoms with Crippen LogP contribution in [0.3, 0.4) is 0 Å². The number of ether oxygens (including phenoxy) is 2. The van der Waals surface area contributed by atoms with Crippen LogP contribution in [0.2, 0.25) is 0 Å². The third-order valence-corrected chi connectivity index (χ3v) is 6.62. The summed E-state index contributed by atoms with van der Waals surface area (Å²) in [6, 6.07) is 16.3. The van der Waals surface area contributed by atoms with E-state index in [0.29, 0.717) is 44.8 Å². The van der Waals surface area contributed by atoms with Gasteiger partial charge in [0.25, 0.3) is 0 Å². The van der Waals surface area contributed by atoms with Gasteiger partial charge in [0.1, 0.15) is 5.58 Å². The summed E-state index contributed by atoms with van der Waals surface area (Å²) in [6.07, 6.45) is 3.45. The Kier molecular flexibility index (Phi) is 15.4. The van der Waals surface area contributed by atoms with Crippen LogP contribution in [0, 0.1) is 6.92 Å². The minimum absolute atomic E-state index is 0.0470. The zero-order valence-corrected chi connectivity index (χ0v) is 26.2. The highest BCUT2D eigenvalue weighted by atomic mass is 16.5. The SMILES string of the molecule is C=C(C)C(=O)N1CCOCC1C.CC.CCCNC(Cc1coc2ccccc12)NC(=O)OCCc1cccc(C)c1. The molecule has 1 saturated heterocycles.